The fraction of sp³-hybridized carbons (Fsp3) is 0.368. The summed E-state index contributed by atoms with van der Waals surface area (Å²) >= 11 is 0. The molecule has 0 saturated carbocycles. The van der Waals surface area contributed by atoms with Crippen molar-refractivity contribution in [1.29, 1.82) is 0 Å². The van der Waals surface area contributed by atoms with Crippen LogP contribution in [0.1, 0.15) is 37.2 Å². The van der Waals surface area contributed by atoms with E-state index in [0.29, 0.717) is 24.2 Å². The van der Waals surface area contributed by atoms with Crippen molar-refractivity contribution in [1.82, 2.24) is 25.2 Å². The maximum atomic E-state index is 12.6. The summed E-state index contributed by atoms with van der Waals surface area (Å²) in [4.78, 5) is 18.8. The number of likely N-dealkylation sites (tertiary alicyclic amines) is 1. The fourth-order valence-corrected chi connectivity index (χ4v) is 3.32. The number of hydrogen-bond acceptors (Lipinski definition) is 5. The lowest BCUT2D eigenvalue weighted by atomic mass is 9.95. The summed E-state index contributed by atoms with van der Waals surface area (Å²) < 4.78 is 5.24. The molecule has 0 aliphatic carbocycles. The largest absolute Gasteiger partial charge is 0.334 e. The molecule has 1 saturated heterocycles. The van der Waals surface area contributed by atoms with Crippen LogP contribution in [0, 0.1) is 0 Å². The smallest absolute Gasteiger partial charge is 0.321 e. The second kappa shape index (κ2) is 7.61. The highest BCUT2D eigenvalue weighted by atomic mass is 16.5. The molecule has 4 rings (SSSR count). The molecule has 3 aromatic rings. The van der Waals surface area contributed by atoms with Gasteiger partial charge in [-0.3, -0.25) is 5.10 Å². The number of benzene rings is 1. The normalized spacial score (nSPS) is 17.1. The molecule has 1 unspecified atom stereocenters. The lowest BCUT2D eigenvalue weighted by Gasteiger charge is -2.32. The average Bonchev–Trinajstić information content (AvgIpc) is 3.41. The van der Waals surface area contributed by atoms with Crippen molar-refractivity contribution in [3.05, 3.63) is 48.0 Å². The van der Waals surface area contributed by atoms with Gasteiger partial charge >= 0.3 is 6.03 Å². The number of nitrogens with zero attached hydrogens (tertiary/aromatic N) is 4. The Bertz CT molecular complexity index is 887. The van der Waals surface area contributed by atoms with Crippen molar-refractivity contribution >= 4 is 11.7 Å². The minimum Gasteiger partial charge on any atom is -0.334 e. The van der Waals surface area contributed by atoms with E-state index < -0.39 is 0 Å². The van der Waals surface area contributed by atoms with Crippen molar-refractivity contribution < 1.29 is 9.32 Å². The Kier molecular flexibility index (Phi) is 4.86. The zero-order chi connectivity index (χ0) is 18.6. The molecule has 2 aromatic heterocycles. The number of amides is 2. The van der Waals surface area contributed by atoms with Crippen molar-refractivity contribution in [2.75, 3.05) is 18.4 Å². The van der Waals surface area contributed by atoms with Crippen molar-refractivity contribution in [3.63, 3.8) is 0 Å². The van der Waals surface area contributed by atoms with Gasteiger partial charge in [0.15, 0.2) is 5.82 Å². The molecule has 2 N–H and O–H groups in total. The third-order valence-corrected chi connectivity index (χ3v) is 4.84. The maximum absolute atomic E-state index is 12.6. The van der Waals surface area contributed by atoms with Crippen LogP contribution in [0.15, 0.2) is 41.1 Å². The Balaban J connectivity index is 1.39. The van der Waals surface area contributed by atoms with E-state index in [2.05, 4.69) is 25.7 Å². The van der Waals surface area contributed by atoms with Crippen molar-refractivity contribution in [2.24, 2.45) is 0 Å². The zero-order valence-corrected chi connectivity index (χ0v) is 15.2. The summed E-state index contributed by atoms with van der Waals surface area (Å²) in [7, 11) is 0. The van der Waals surface area contributed by atoms with Crippen LogP contribution in [0.4, 0.5) is 10.5 Å². The monoisotopic (exact) mass is 366 g/mol. The second-order valence-corrected chi connectivity index (χ2v) is 6.67. The van der Waals surface area contributed by atoms with Gasteiger partial charge in [-0.05, 0) is 43.2 Å². The number of piperidine rings is 1. The average molecular weight is 366 g/mol. The number of rotatable bonds is 4. The number of carbonyl (C=O) groups excluding carboxylic acids is 1. The van der Waals surface area contributed by atoms with Crippen LogP contribution < -0.4 is 5.32 Å². The van der Waals surface area contributed by atoms with E-state index in [4.69, 9.17) is 4.52 Å². The minimum atomic E-state index is -0.0852. The van der Waals surface area contributed by atoms with Crippen LogP contribution in [-0.2, 0) is 6.42 Å². The molecule has 1 fully saturated rings. The van der Waals surface area contributed by atoms with Gasteiger partial charge in [0.1, 0.15) is 0 Å². The molecular weight excluding hydrogens is 344 g/mol. The summed E-state index contributed by atoms with van der Waals surface area (Å²) in [5.41, 5.74) is 2.66. The molecule has 0 radical (unpaired) electrons. The number of anilines is 1. The topological polar surface area (TPSA) is 99.9 Å². The molecule has 0 spiro atoms. The predicted octanol–water partition coefficient (Wildman–Crippen LogP) is 3.43. The summed E-state index contributed by atoms with van der Waals surface area (Å²) in [6.07, 6.45) is 4.52. The van der Waals surface area contributed by atoms with Gasteiger partial charge in [0.05, 0.1) is 0 Å². The first-order valence-corrected chi connectivity index (χ1v) is 9.21. The van der Waals surface area contributed by atoms with Crippen molar-refractivity contribution in [2.45, 2.75) is 32.1 Å². The first kappa shape index (κ1) is 17.3. The quantitative estimate of drug-likeness (QED) is 0.737. The second-order valence-electron chi connectivity index (χ2n) is 6.67. The number of aryl methyl sites for hydroxylation is 1. The third kappa shape index (κ3) is 3.84. The Hall–Kier alpha value is -3.16. The Morgan fingerprint density at radius 3 is 2.89 bits per heavy atom. The van der Waals surface area contributed by atoms with E-state index in [1.165, 1.54) is 0 Å². The zero-order valence-electron chi connectivity index (χ0n) is 15.2. The van der Waals surface area contributed by atoms with Gasteiger partial charge in [0, 0.05) is 48.6 Å². The van der Waals surface area contributed by atoms with E-state index in [9.17, 15) is 4.79 Å². The first-order chi connectivity index (χ1) is 13.2. The van der Waals surface area contributed by atoms with Gasteiger partial charge in [0.2, 0.25) is 0 Å². The summed E-state index contributed by atoms with van der Waals surface area (Å²) in [5.74, 6) is 1.47. The summed E-state index contributed by atoms with van der Waals surface area (Å²) in [6, 6.07) is 9.32. The van der Waals surface area contributed by atoms with Crippen LogP contribution in [0.2, 0.25) is 0 Å². The number of aromatic nitrogens is 4. The number of urea groups is 1. The van der Waals surface area contributed by atoms with Gasteiger partial charge in [-0.15, -0.1) is 0 Å². The first-order valence-electron chi connectivity index (χ1n) is 9.21. The predicted molar refractivity (Wildman–Crippen MR) is 100 cm³/mol. The van der Waals surface area contributed by atoms with Gasteiger partial charge < -0.3 is 14.7 Å². The molecule has 8 nitrogen and oxygen atoms in total. The highest BCUT2D eigenvalue weighted by molar-refractivity contribution is 5.89. The maximum Gasteiger partial charge on any atom is 0.321 e. The van der Waals surface area contributed by atoms with E-state index in [1.54, 1.807) is 6.20 Å². The number of aromatic amines is 1. The van der Waals surface area contributed by atoms with Gasteiger partial charge in [-0.25, -0.2) is 4.79 Å². The van der Waals surface area contributed by atoms with Crippen LogP contribution in [0.25, 0.3) is 11.5 Å². The minimum absolute atomic E-state index is 0.0852. The molecular formula is C19H22N6O2. The van der Waals surface area contributed by atoms with E-state index >= 15 is 0 Å². The van der Waals surface area contributed by atoms with Gasteiger partial charge in [0.25, 0.3) is 5.89 Å². The molecule has 3 heterocycles. The molecule has 0 bridgehead atoms. The molecule has 2 amide bonds. The Labute approximate surface area is 157 Å². The van der Waals surface area contributed by atoms with Gasteiger partial charge in [-0.2, -0.15) is 10.1 Å². The molecule has 140 valence electrons. The van der Waals surface area contributed by atoms with E-state index in [-0.39, 0.29) is 6.03 Å². The van der Waals surface area contributed by atoms with Crippen LogP contribution in [-0.4, -0.2) is 44.4 Å². The van der Waals surface area contributed by atoms with E-state index in [1.807, 2.05) is 42.2 Å². The van der Waals surface area contributed by atoms with Crippen LogP contribution >= 0.6 is 0 Å². The number of H-pyrrole nitrogens is 1. The molecule has 27 heavy (non-hydrogen) atoms. The molecule has 1 aromatic carbocycles. The number of carbonyl (C=O) groups is 1. The standard InChI is InChI=1S/C19H22N6O2/c1-2-17-22-18(27-24-17)13-5-7-15(8-6-13)21-19(26)25-11-3-4-14(12-25)16-9-10-20-23-16/h5-10,14H,2-4,11-12H2,1H3,(H,20,23)(H,21,26). The van der Waals surface area contributed by atoms with Crippen LogP contribution in [0.5, 0.6) is 0 Å². The van der Waals surface area contributed by atoms with Crippen LogP contribution in [0.3, 0.4) is 0 Å². The lowest BCUT2D eigenvalue weighted by molar-refractivity contribution is 0.192. The number of nitrogens with one attached hydrogen (secondary N) is 2. The van der Waals surface area contributed by atoms with E-state index in [0.717, 1.165) is 42.8 Å². The fourth-order valence-electron chi connectivity index (χ4n) is 3.32. The molecule has 8 heteroatoms. The van der Waals surface area contributed by atoms with Gasteiger partial charge in [-0.1, -0.05) is 12.1 Å². The SMILES string of the molecule is CCc1noc(-c2ccc(NC(=O)N3CCCC(c4ccn[nH]4)C3)cc2)n1. The highest BCUT2D eigenvalue weighted by Crippen LogP contribution is 2.26. The lowest BCUT2D eigenvalue weighted by Crippen LogP contribution is -2.41. The number of hydrogen-bond donors (Lipinski definition) is 2. The summed E-state index contributed by atoms with van der Waals surface area (Å²) in [6.45, 7) is 3.43. The Morgan fingerprint density at radius 2 is 2.19 bits per heavy atom. The highest BCUT2D eigenvalue weighted by Gasteiger charge is 2.25. The molecule has 1 atom stereocenters. The molecule has 1 aliphatic heterocycles. The van der Waals surface area contributed by atoms with Crippen molar-refractivity contribution in [3.8, 4) is 11.5 Å². The molecule has 1 aliphatic rings. The summed E-state index contributed by atoms with van der Waals surface area (Å²) in [5, 5.41) is 13.9. The Morgan fingerprint density at radius 1 is 1.33 bits per heavy atom. The third-order valence-electron chi connectivity index (χ3n) is 4.84.